The number of nitrogens with one attached hydrogen (secondary N) is 2. The zero-order valence-electron chi connectivity index (χ0n) is 29.2. The average molecular weight is 788 g/mol. The van der Waals surface area contributed by atoms with E-state index in [0.29, 0.717) is 10.8 Å². The predicted octanol–water partition coefficient (Wildman–Crippen LogP) is 2.18. The van der Waals surface area contributed by atoms with Crippen LogP contribution >= 0.6 is 46.4 Å². The Morgan fingerprint density at radius 3 is 2.51 bits per heavy atom. The molecule has 18 nitrogen and oxygen atoms in total. The molecule has 22 heteroatoms. The number of carbonyl (C=O) groups is 5. The normalized spacial score (nSPS) is 20.5. The predicted molar refractivity (Wildman–Crippen MR) is 190 cm³/mol. The molecule has 2 aliphatic rings. The Bertz CT molecular complexity index is 1640. The monoisotopic (exact) mass is 787 g/mol. The van der Waals surface area contributed by atoms with E-state index in [0.717, 1.165) is 16.5 Å². The minimum Gasteiger partial charge on any atom is -0.444 e. The van der Waals surface area contributed by atoms with Gasteiger partial charge in [0, 0.05) is 42.5 Å². The summed E-state index contributed by atoms with van der Waals surface area (Å²) in [6.45, 7) is 11.8. The molecule has 0 saturated carbocycles. The third-order valence-corrected chi connectivity index (χ3v) is 11.3. The minimum absolute atomic E-state index is 0.00172. The maximum atomic E-state index is 13.6. The lowest BCUT2D eigenvalue weighted by Crippen LogP contribution is -2.74. The number of nitrogens with two attached hydrogens (primary N) is 1. The van der Waals surface area contributed by atoms with Crippen molar-refractivity contribution in [1.29, 1.82) is 0 Å². The highest BCUT2D eigenvalue weighted by molar-refractivity contribution is 8.01. The molecule has 3 atom stereocenters. The molecule has 2 aromatic rings. The first-order valence-corrected chi connectivity index (χ1v) is 19.3. The fourth-order valence-corrected chi connectivity index (χ4v) is 8.52. The molecule has 0 spiro atoms. The average Bonchev–Trinajstić information content (AvgIpc) is 3.67. The molecule has 280 valence electrons. The number of hydrogen-bond acceptors (Lipinski definition) is 19. The molecule has 2 aliphatic heterocycles. The molecule has 2 unspecified atom stereocenters. The highest BCUT2D eigenvalue weighted by atomic mass is 32.2. The first-order chi connectivity index (χ1) is 23.9. The van der Waals surface area contributed by atoms with Gasteiger partial charge in [-0.2, -0.15) is 9.36 Å². The summed E-state index contributed by atoms with van der Waals surface area (Å²) in [4.78, 5) is 75.4. The number of aromatic nitrogens is 4. The summed E-state index contributed by atoms with van der Waals surface area (Å²) in [7, 11) is 0. The van der Waals surface area contributed by atoms with E-state index in [1.165, 1.54) is 39.8 Å². The van der Waals surface area contributed by atoms with Crippen LogP contribution in [0.25, 0.3) is 0 Å². The van der Waals surface area contributed by atoms with Gasteiger partial charge in [0.15, 0.2) is 9.47 Å². The maximum Gasteiger partial charge on any atom is 0.407 e. The van der Waals surface area contributed by atoms with Crippen molar-refractivity contribution in [2.24, 2.45) is 16.0 Å². The summed E-state index contributed by atoms with van der Waals surface area (Å²) in [5.41, 5.74) is 2.85. The number of ether oxygens (including phenoxy) is 3. The second kappa shape index (κ2) is 16.7. The van der Waals surface area contributed by atoms with E-state index < -0.39 is 64.5 Å². The first-order valence-electron chi connectivity index (χ1n) is 15.7. The van der Waals surface area contributed by atoms with Gasteiger partial charge in [-0.1, -0.05) is 28.3 Å². The fourth-order valence-electron chi connectivity index (χ4n) is 4.42. The molecule has 4 rings (SSSR count). The maximum absolute atomic E-state index is 13.6. The largest absolute Gasteiger partial charge is 0.444 e. The van der Waals surface area contributed by atoms with Crippen LogP contribution < -0.4 is 16.4 Å². The van der Waals surface area contributed by atoms with Crippen molar-refractivity contribution in [3.63, 3.8) is 0 Å². The molecule has 4 N–H and O–H groups in total. The van der Waals surface area contributed by atoms with Crippen molar-refractivity contribution in [1.82, 2.24) is 35.1 Å². The summed E-state index contributed by atoms with van der Waals surface area (Å²) in [5.74, 6) is -1.99. The molecular weight excluding hydrogens is 747 g/mol. The Labute approximate surface area is 310 Å². The van der Waals surface area contributed by atoms with Gasteiger partial charge in [-0.15, -0.1) is 22.0 Å². The van der Waals surface area contributed by atoms with Crippen LogP contribution in [0.1, 0.15) is 58.8 Å². The van der Waals surface area contributed by atoms with Crippen LogP contribution in [0, 0.1) is 17.8 Å². The number of alkyl carbamates (subject to hydrolysis) is 1. The third kappa shape index (κ3) is 10.9. The number of fused-ring (bicyclic) bond motifs is 1. The summed E-state index contributed by atoms with van der Waals surface area (Å²) in [5, 5.41) is 17.7. The van der Waals surface area contributed by atoms with Crippen molar-refractivity contribution in [3.05, 3.63) is 10.8 Å². The Morgan fingerprint density at radius 1 is 1.14 bits per heavy atom. The Kier molecular flexibility index (Phi) is 13.1. The van der Waals surface area contributed by atoms with E-state index in [1.807, 2.05) is 6.92 Å². The van der Waals surface area contributed by atoms with E-state index in [1.54, 1.807) is 41.5 Å². The number of aryl methyl sites for hydroxylation is 1. The zero-order valence-corrected chi connectivity index (χ0v) is 32.4. The van der Waals surface area contributed by atoms with Crippen molar-refractivity contribution in [3.8, 4) is 0 Å². The second-order valence-electron chi connectivity index (χ2n) is 13.5. The van der Waals surface area contributed by atoms with Gasteiger partial charge in [-0.05, 0) is 48.5 Å². The lowest BCUT2D eigenvalue weighted by atomic mass is 9.89. The first kappa shape index (κ1) is 40.0. The van der Waals surface area contributed by atoms with Crippen LogP contribution in [-0.2, 0) is 38.2 Å². The molecule has 0 aliphatic carbocycles. The van der Waals surface area contributed by atoms with Crippen LogP contribution in [0.4, 0.5) is 9.93 Å². The molecule has 0 radical (unpaired) electrons. The van der Waals surface area contributed by atoms with Gasteiger partial charge < -0.3 is 40.3 Å². The molecule has 2 fully saturated rings. The van der Waals surface area contributed by atoms with Crippen molar-refractivity contribution in [2.75, 3.05) is 43.7 Å². The van der Waals surface area contributed by atoms with Gasteiger partial charge in [0.2, 0.25) is 24.2 Å². The number of amides is 3. The fraction of sp³-hybridized carbons (Fsp3) is 0.655. The van der Waals surface area contributed by atoms with Crippen LogP contribution in [0.2, 0.25) is 0 Å². The van der Waals surface area contributed by atoms with Crippen LogP contribution in [0.3, 0.4) is 0 Å². The van der Waals surface area contributed by atoms with E-state index in [-0.39, 0.29) is 47.9 Å². The number of nitrogens with zero attached hydrogens (tertiary/aromatic N) is 6. The van der Waals surface area contributed by atoms with Gasteiger partial charge in [0.1, 0.15) is 34.0 Å². The minimum atomic E-state index is -1.18. The van der Waals surface area contributed by atoms with Crippen LogP contribution in [0.5, 0.6) is 0 Å². The summed E-state index contributed by atoms with van der Waals surface area (Å²) in [6.07, 6.45) is -0.228. The van der Waals surface area contributed by atoms with Gasteiger partial charge in [0.25, 0.3) is 5.91 Å². The van der Waals surface area contributed by atoms with Gasteiger partial charge in [-0.3, -0.25) is 19.2 Å². The van der Waals surface area contributed by atoms with E-state index >= 15 is 0 Å². The molecule has 2 saturated heterocycles. The number of hydrogen-bond donors (Lipinski definition) is 3. The van der Waals surface area contributed by atoms with Gasteiger partial charge >= 0.3 is 18.0 Å². The topological polar surface area (TPSA) is 240 Å². The van der Waals surface area contributed by atoms with Gasteiger partial charge in [0.05, 0.1) is 5.41 Å². The number of esters is 2. The lowest BCUT2D eigenvalue weighted by molar-refractivity contribution is -0.180. The summed E-state index contributed by atoms with van der Waals surface area (Å²) in [6, 6.07) is -0.943. The zero-order chi connectivity index (χ0) is 37.6. The molecule has 3 amide bonds. The number of β-lactam (4-membered cyclic amide) rings is 1. The second-order valence-corrected chi connectivity index (χ2v) is 17.8. The standard InChI is InChI=1S/C29H41N9O9S4/c1-15-34-35-26(50-15)49-13-29(23(42)45-14-44-22(41)27(2,3)4)11-38-20(40)17(21(38)48-12-29)32-19(39)16(18-33-24(30)51-37-18)36-46-10-8-9-31-25(43)47-28(5,6)7/h17,21H,8-14H2,1-7H3,(H,31,43)(H,32,39)(H2,30,33,37)/t17?,21-,29?/m1/s1. The number of thioether (sulfide) groups is 2. The lowest BCUT2D eigenvalue weighted by Gasteiger charge is -2.54. The molecule has 0 bridgehead atoms. The number of rotatable bonds is 14. The Balaban J connectivity index is 1.38. The SMILES string of the molecule is Cc1nnc(SCC2(C(=O)OCOC(=O)C(C)(C)C)CS[C@@H]3C(NC(=O)C(=NOCCCNC(=O)OC(C)(C)C)c4nsc(N)n4)C(=O)N3C2)s1. The highest BCUT2D eigenvalue weighted by Crippen LogP contribution is 2.45. The van der Waals surface area contributed by atoms with E-state index in [9.17, 15) is 24.0 Å². The van der Waals surface area contributed by atoms with Crippen LogP contribution in [0.15, 0.2) is 9.50 Å². The number of carbonyl (C=O) groups excluding carboxylic acids is 5. The van der Waals surface area contributed by atoms with Crippen molar-refractivity contribution >= 4 is 87.1 Å². The summed E-state index contributed by atoms with van der Waals surface area (Å²) < 4.78 is 20.5. The number of nitrogen functional groups attached to an aromatic ring is 1. The quantitative estimate of drug-likeness (QED) is 0.0473. The molecule has 51 heavy (non-hydrogen) atoms. The van der Waals surface area contributed by atoms with E-state index in [2.05, 4.69) is 35.3 Å². The Hall–Kier alpha value is -3.76. The number of anilines is 1. The highest BCUT2D eigenvalue weighted by Gasteiger charge is 2.58. The molecular formula is C29H41N9O9S4. The van der Waals surface area contributed by atoms with Crippen molar-refractivity contribution in [2.45, 2.75) is 76.2 Å². The molecule has 2 aromatic heterocycles. The smallest absolute Gasteiger partial charge is 0.407 e. The van der Waals surface area contributed by atoms with E-state index in [4.69, 9.17) is 24.8 Å². The summed E-state index contributed by atoms with van der Waals surface area (Å²) >= 11 is 4.84. The Morgan fingerprint density at radius 2 is 1.88 bits per heavy atom. The van der Waals surface area contributed by atoms with Crippen molar-refractivity contribution < 1.29 is 43.0 Å². The molecule has 0 aromatic carbocycles. The van der Waals surface area contributed by atoms with Crippen LogP contribution in [-0.4, -0.2) is 115 Å². The van der Waals surface area contributed by atoms with Gasteiger partial charge in [-0.25, -0.2) is 4.79 Å². The molecule has 4 heterocycles. The third-order valence-electron chi connectivity index (χ3n) is 6.94. The number of oxime groups is 1.